The molecule has 0 atom stereocenters. The molecule has 4 rings (SSSR count). The highest BCUT2D eigenvalue weighted by molar-refractivity contribution is 6.34. The van der Waals surface area contributed by atoms with Crippen molar-refractivity contribution in [2.45, 2.75) is 13.8 Å². The number of pyridine rings is 1. The fourth-order valence-corrected chi connectivity index (χ4v) is 3.77. The number of fused-ring (bicyclic) bond motifs is 1. The van der Waals surface area contributed by atoms with Crippen molar-refractivity contribution in [2.75, 3.05) is 0 Å². The van der Waals surface area contributed by atoms with E-state index in [-0.39, 0.29) is 0 Å². The summed E-state index contributed by atoms with van der Waals surface area (Å²) in [5, 5.41) is 1.35. The molecule has 4 aromatic rings. The molecule has 0 saturated carbocycles. The molecule has 31 heavy (non-hydrogen) atoms. The Bertz CT molecular complexity index is 1300. The van der Waals surface area contributed by atoms with Gasteiger partial charge in [0.25, 0.3) is 11.8 Å². The first-order valence-electron chi connectivity index (χ1n) is 9.75. The Balaban J connectivity index is 1.56. The molecule has 5 nitrogen and oxygen atoms in total. The lowest BCUT2D eigenvalue weighted by atomic mass is 9.98. The molecule has 154 valence electrons. The molecular weight excluding hydrogens is 410 g/mol. The second-order valence-corrected chi connectivity index (χ2v) is 7.69. The Hall–Kier alpha value is -3.70. The second kappa shape index (κ2) is 8.58. The van der Waals surface area contributed by atoms with Crippen LogP contribution in [0, 0.1) is 13.8 Å². The lowest BCUT2D eigenvalue weighted by Crippen LogP contribution is -2.42. The molecule has 3 aromatic carbocycles. The number of amides is 2. The number of carbonyl (C=O) groups is 2. The summed E-state index contributed by atoms with van der Waals surface area (Å²) in [6.07, 6.45) is 1.80. The number of aromatic nitrogens is 1. The number of hydrogen-bond acceptors (Lipinski definition) is 3. The van der Waals surface area contributed by atoms with Crippen molar-refractivity contribution < 1.29 is 9.59 Å². The van der Waals surface area contributed by atoms with E-state index in [1.165, 1.54) is 0 Å². The van der Waals surface area contributed by atoms with Gasteiger partial charge in [0.2, 0.25) is 0 Å². The maximum Gasteiger partial charge on any atom is 0.271 e. The Kier molecular flexibility index (Phi) is 5.69. The van der Waals surface area contributed by atoms with Crippen LogP contribution in [-0.2, 0) is 0 Å². The Morgan fingerprint density at radius 2 is 1.61 bits per heavy atom. The number of nitrogens with zero attached hydrogens (tertiary/aromatic N) is 1. The predicted molar refractivity (Wildman–Crippen MR) is 123 cm³/mol. The first-order valence-corrected chi connectivity index (χ1v) is 10.1. The minimum Gasteiger partial charge on any atom is -0.267 e. The third kappa shape index (κ3) is 4.27. The number of hydrazine groups is 1. The summed E-state index contributed by atoms with van der Waals surface area (Å²) in [6.45, 7) is 3.76. The Morgan fingerprint density at radius 1 is 0.839 bits per heavy atom. The summed E-state index contributed by atoms with van der Waals surface area (Å²) in [7, 11) is 0. The van der Waals surface area contributed by atoms with Crippen LogP contribution in [0.1, 0.15) is 31.8 Å². The summed E-state index contributed by atoms with van der Waals surface area (Å²) < 4.78 is 0. The van der Waals surface area contributed by atoms with Gasteiger partial charge in [-0.25, -0.2) is 0 Å². The Labute approximate surface area is 185 Å². The highest BCUT2D eigenvalue weighted by atomic mass is 35.5. The minimum absolute atomic E-state index is 0.327. The van der Waals surface area contributed by atoms with Gasteiger partial charge in [-0.3, -0.25) is 25.4 Å². The standard InChI is InChI=1S/C25H20ClN3O2/c1-15-10-11-18(13-20(15)19-12-17-7-3-4-9-22(17)27-14-19)24(30)28-29-25(31)23-16(2)6-5-8-21(23)26/h3-14H,1-2H3,(H,28,30)(H,29,31). The number of para-hydroxylation sites is 1. The van der Waals surface area contributed by atoms with Crippen molar-refractivity contribution >= 4 is 34.3 Å². The van der Waals surface area contributed by atoms with E-state index >= 15 is 0 Å². The van der Waals surface area contributed by atoms with Crippen LogP contribution >= 0.6 is 11.6 Å². The summed E-state index contributed by atoms with van der Waals surface area (Å²) in [5.74, 6) is -0.893. The van der Waals surface area contributed by atoms with Crippen molar-refractivity contribution in [1.29, 1.82) is 0 Å². The minimum atomic E-state index is -0.470. The molecule has 0 spiro atoms. The third-order valence-electron chi connectivity index (χ3n) is 5.14. The number of carbonyl (C=O) groups excluding carboxylic acids is 2. The van der Waals surface area contributed by atoms with Crippen LogP contribution in [0.15, 0.2) is 72.9 Å². The zero-order valence-corrected chi connectivity index (χ0v) is 17.8. The summed E-state index contributed by atoms with van der Waals surface area (Å²) in [4.78, 5) is 29.7. The fraction of sp³-hybridized carbons (Fsp3) is 0.0800. The molecule has 2 N–H and O–H groups in total. The highest BCUT2D eigenvalue weighted by Crippen LogP contribution is 2.27. The van der Waals surface area contributed by atoms with Gasteiger partial charge in [0, 0.05) is 22.7 Å². The van der Waals surface area contributed by atoms with Gasteiger partial charge in [-0.15, -0.1) is 0 Å². The molecule has 0 unspecified atom stereocenters. The van der Waals surface area contributed by atoms with Gasteiger partial charge >= 0.3 is 0 Å². The zero-order chi connectivity index (χ0) is 22.0. The molecule has 0 aliphatic carbocycles. The molecule has 0 aliphatic heterocycles. The van der Waals surface area contributed by atoms with Gasteiger partial charge in [0.15, 0.2) is 0 Å². The number of benzene rings is 3. The second-order valence-electron chi connectivity index (χ2n) is 7.29. The Morgan fingerprint density at radius 3 is 2.42 bits per heavy atom. The smallest absolute Gasteiger partial charge is 0.267 e. The van der Waals surface area contributed by atoms with Crippen LogP contribution in [0.5, 0.6) is 0 Å². The van der Waals surface area contributed by atoms with E-state index < -0.39 is 11.8 Å². The van der Waals surface area contributed by atoms with Crippen molar-refractivity contribution in [3.8, 4) is 11.1 Å². The molecule has 0 aliphatic rings. The number of aryl methyl sites for hydroxylation is 2. The summed E-state index contributed by atoms with van der Waals surface area (Å²) in [5.41, 5.74) is 10.1. The molecule has 0 fully saturated rings. The van der Waals surface area contributed by atoms with Crippen molar-refractivity contribution in [3.63, 3.8) is 0 Å². The molecular formula is C25H20ClN3O2. The molecule has 0 saturated heterocycles. The molecule has 6 heteroatoms. The number of halogens is 1. The summed E-state index contributed by atoms with van der Waals surface area (Å²) >= 11 is 6.12. The number of hydrogen-bond donors (Lipinski definition) is 2. The third-order valence-corrected chi connectivity index (χ3v) is 5.45. The van der Waals surface area contributed by atoms with Crippen LogP contribution in [0.4, 0.5) is 0 Å². The van der Waals surface area contributed by atoms with E-state index in [9.17, 15) is 9.59 Å². The maximum absolute atomic E-state index is 12.7. The maximum atomic E-state index is 12.7. The summed E-state index contributed by atoms with van der Waals surface area (Å²) in [6, 6.07) is 20.5. The van der Waals surface area contributed by atoms with Gasteiger partial charge < -0.3 is 0 Å². The lowest BCUT2D eigenvalue weighted by molar-refractivity contribution is 0.0846. The van der Waals surface area contributed by atoms with Gasteiger partial charge in [0.1, 0.15) is 0 Å². The van der Waals surface area contributed by atoms with E-state index in [2.05, 4.69) is 15.8 Å². The lowest BCUT2D eigenvalue weighted by Gasteiger charge is -2.12. The van der Waals surface area contributed by atoms with Gasteiger partial charge in [-0.1, -0.05) is 48.0 Å². The molecule has 0 bridgehead atoms. The van der Waals surface area contributed by atoms with Gasteiger partial charge in [-0.2, -0.15) is 0 Å². The SMILES string of the molecule is Cc1ccc(C(=O)NNC(=O)c2c(C)cccc2Cl)cc1-c1cnc2ccccc2c1. The molecule has 0 radical (unpaired) electrons. The van der Waals surface area contributed by atoms with E-state index in [0.717, 1.165) is 33.2 Å². The topological polar surface area (TPSA) is 71.1 Å². The van der Waals surface area contributed by atoms with E-state index in [1.54, 1.807) is 43.5 Å². The molecule has 2 amide bonds. The van der Waals surface area contributed by atoms with E-state index in [1.807, 2.05) is 43.3 Å². The van der Waals surface area contributed by atoms with Gasteiger partial charge in [0.05, 0.1) is 16.1 Å². The fourth-order valence-electron chi connectivity index (χ4n) is 3.46. The first-order chi connectivity index (χ1) is 14.9. The van der Waals surface area contributed by atoms with Crippen LogP contribution in [0.25, 0.3) is 22.0 Å². The molecule has 1 aromatic heterocycles. The number of nitrogens with one attached hydrogen (secondary N) is 2. The van der Waals surface area contributed by atoms with E-state index in [4.69, 9.17) is 11.6 Å². The van der Waals surface area contributed by atoms with Crippen molar-refractivity contribution in [3.05, 3.63) is 100 Å². The van der Waals surface area contributed by atoms with Crippen molar-refractivity contribution in [1.82, 2.24) is 15.8 Å². The van der Waals surface area contributed by atoms with E-state index in [0.29, 0.717) is 16.1 Å². The predicted octanol–water partition coefficient (Wildman–Crippen LogP) is 5.25. The first kappa shape index (κ1) is 20.6. The van der Waals surface area contributed by atoms with Crippen LogP contribution in [-0.4, -0.2) is 16.8 Å². The van der Waals surface area contributed by atoms with Gasteiger partial charge in [-0.05, 0) is 60.9 Å². The van der Waals surface area contributed by atoms with Crippen LogP contribution < -0.4 is 10.9 Å². The zero-order valence-electron chi connectivity index (χ0n) is 17.1. The quantitative estimate of drug-likeness (QED) is 0.437. The van der Waals surface area contributed by atoms with Crippen LogP contribution in [0.2, 0.25) is 5.02 Å². The average molecular weight is 430 g/mol. The highest BCUT2D eigenvalue weighted by Gasteiger charge is 2.15. The molecule has 1 heterocycles. The van der Waals surface area contributed by atoms with Crippen LogP contribution in [0.3, 0.4) is 0 Å². The normalized spacial score (nSPS) is 10.7. The largest absolute Gasteiger partial charge is 0.271 e. The van der Waals surface area contributed by atoms with Crippen molar-refractivity contribution in [2.24, 2.45) is 0 Å². The monoisotopic (exact) mass is 429 g/mol. The number of rotatable bonds is 3. The average Bonchev–Trinajstić information content (AvgIpc) is 2.77.